The van der Waals surface area contributed by atoms with Crippen LogP contribution in [0, 0.1) is 10.1 Å². The fourth-order valence-corrected chi connectivity index (χ4v) is 3.63. The average molecular weight is 386 g/mol. The number of nitrogens with two attached hydrogens (primary N) is 1. The second-order valence-electron chi connectivity index (χ2n) is 5.95. The van der Waals surface area contributed by atoms with E-state index in [0.29, 0.717) is 12.2 Å². The molecule has 0 spiro atoms. The van der Waals surface area contributed by atoms with Crippen LogP contribution in [0.1, 0.15) is 20.3 Å². The fraction of sp³-hybridized carbons (Fsp3) is 0.615. The molecule has 0 bridgehead atoms. The average Bonchev–Trinajstić information content (AvgIpc) is 2.44. The minimum atomic E-state index is -5.13. The van der Waals surface area contributed by atoms with Crippen LogP contribution in [0.3, 0.4) is 0 Å². The van der Waals surface area contributed by atoms with Crippen molar-refractivity contribution in [3.05, 3.63) is 33.5 Å². The SMILES string of the molecule is CCS(=O)(=O)CC(C)(O)C(=O)C1(N)C=CC([N+](=O)[O-])=C(C(F)(F)F)C1. The van der Waals surface area contributed by atoms with Crippen molar-refractivity contribution in [3.8, 4) is 0 Å². The van der Waals surface area contributed by atoms with Crippen molar-refractivity contribution in [1.29, 1.82) is 0 Å². The van der Waals surface area contributed by atoms with Gasteiger partial charge in [0.1, 0.15) is 16.7 Å². The van der Waals surface area contributed by atoms with Gasteiger partial charge in [0.2, 0.25) is 0 Å². The molecule has 0 saturated heterocycles. The number of hydrogen-bond acceptors (Lipinski definition) is 7. The molecule has 0 aromatic carbocycles. The number of Topliss-reactive ketones (excluding diaryl/α,β-unsaturated/α-hetero) is 1. The zero-order valence-electron chi connectivity index (χ0n) is 13.3. The summed E-state index contributed by atoms with van der Waals surface area (Å²) in [5.41, 5.74) is -2.24. The molecule has 8 nitrogen and oxygen atoms in total. The number of allylic oxidation sites excluding steroid dienone is 1. The predicted molar refractivity (Wildman–Crippen MR) is 80.7 cm³/mol. The molecule has 1 rings (SSSR count). The Morgan fingerprint density at radius 1 is 1.48 bits per heavy atom. The smallest absolute Gasteiger partial charge is 0.381 e. The summed E-state index contributed by atoms with van der Waals surface area (Å²) in [6.45, 7) is 2.09. The van der Waals surface area contributed by atoms with Gasteiger partial charge in [0.05, 0.1) is 10.7 Å². The molecule has 1 aliphatic rings. The van der Waals surface area contributed by atoms with E-state index >= 15 is 0 Å². The summed E-state index contributed by atoms with van der Waals surface area (Å²) in [4.78, 5) is 21.9. The van der Waals surface area contributed by atoms with Crippen molar-refractivity contribution in [1.82, 2.24) is 0 Å². The Bertz CT molecular complexity index is 754. The maximum absolute atomic E-state index is 13.1. The summed E-state index contributed by atoms with van der Waals surface area (Å²) >= 11 is 0. The standard InChI is InChI=1S/C13H17F3N2O6S/c1-3-25(23,24)7-11(2,20)10(19)12(17)5-4-9(18(21)22)8(6-12)13(14,15)16/h4-5,20H,3,6-7,17H2,1-2H3. The van der Waals surface area contributed by atoms with Crippen molar-refractivity contribution < 1.29 is 36.4 Å². The quantitative estimate of drug-likeness (QED) is 0.500. The molecule has 0 radical (unpaired) electrons. The lowest BCUT2D eigenvalue weighted by Gasteiger charge is -2.34. The van der Waals surface area contributed by atoms with E-state index in [1.807, 2.05) is 0 Å². The number of hydrogen-bond donors (Lipinski definition) is 2. The highest BCUT2D eigenvalue weighted by atomic mass is 32.2. The van der Waals surface area contributed by atoms with Gasteiger partial charge >= 0.3 is 6.18 Å². The van der Waals surface area contributed by atoms with Gasteiger partial charge < -0.3 is 10.8 Å². The van der Waals surface area contributed by atoms with Crippen LogP contribution in [0.15, 0.2) is 23.4 Å². The maximum Gasteiger partial charge on any atom is 0.419 e. The second kappa shape index (κ2) is 6.50. The largest absolute Gasteiger partial charge is 0.419 e. The van der Waals surface area contributed by atoms with Crippen molar-refractivity contribution in [2.45, 2.75) is 37.6 Å². The molecule has 142 valence electrons. The molecule has 0 amide bonds. The Labute approximate surface area is 141 Å². The van der Waals surface area contributed by atoms with Gasteiger partial charge in [-0.05, 0) is 6.92 Å². The topological polar surface area (TPSA) is 141 Å². The molecule has 25 heavy (non-hydrogen) atoms. The first-order valence-corrected chi connectivity index (χ1v) is 8.78. The van der Waals surface area contributed by atoms with Crippen LogP contribution in [0.5, 0.6) is 0 Å². The number of carbonyl (C=O) groups is 1. The number of sulfone groups is 1. The Kier molecular flexibility index (Phi) is 5.52. The Balaban J connectivity index is 3.30. The third-order valence-electron chi connectivity index (χ3n) is 3.71. The van der Waals surface area contributed by atoms with Gasteiger partial charge in [-0.1, -0.05) is 13.0 Å². The lowest BCUT2D eigenvalue weighted by Crippen LogP contribution is -2.59. The maximum atomic E-state index is 13.1. The van der Waals surface area contributed by atoms with E-state index in [0.717, 1.165) is 6.92 Å². The van der Waals surface area contributed by atoms with Crippen LogP contribution in [-0.4, -0.2) is 53.1 Å². The van der Waals surface area contributed by atoms with Gasteiger partial charge in [0.25, 0.3) is 5.70 Å². The van der Waals surface area contributed by atoms with Gasteiger partial charge in [-0.15, -0.1) is 0 Å². The first kappa shape index (κ1) is 21.3. The highest BCUT2D eigenvalue weighted by Crippen LogP contribution is 2.39. The second-order valence-corrected chi connectivity index (χ2v) is 8.30. The number of aliphatic hydroxyl groups is 1. The van der Waals surface area contributed by atoms with E-state index < -0.39 is 67.1 Å². The van der Waals surface area contributed by atoms with Crippen molar-refractivity contribution in [3.63, 3.8) is 0 Å². The van der Waals surface area contributed by atoms with E-state index in [-0.39, 0.29) is 0 Å². The lowest BCUT2D eigenvalue weighted by atomic mass is 9.77. The normalized spacial score (nSPS) is 24.1. The molecule has 3 N–H and O–H groups in total. The minimum Gasteiger partial charge on any atom is -0.381 e. The number of rotatable bonds is 6. The van der Waals surface area contributed by atoms with Crippen LogP contribution >= 0.6 is 0 Å². The van der Waals surface area contributed by atoms with E-state index in [2.05, 4.69) is 0 Å². The molecule has 0 aliphatic heterocycles. The van der Waals surface area contributed by atoms with E-state index in [4.69, 9.17) is 5.73 Å². The third kappa shape index (κ3) is 4.64. The molecular weight excluding hydrogens is 369 g/mol. The van der Waals surface area contributed by atoms with Crippen LogP contribution in [0.2, 0.25) is 0 Å². The molecular formula is C13H17F3N2O6S. The lowest BCUT2D eigenvalue weighted by molar-refractivity contribution is -0.422. The Morgan fingerprint density at radius 2 is 2.00 bits per heavy atom. The highest BCUT2D eigenvalue weighted by molar-refractivity contribution is 7.91. The third-order valence-corrected chi connectivity index (χ3v) is 5.59. The summed E-state index contributed by atoms with van der Waals surface area (Å²) in [6, 6.07) is 0. The van der Waals surface area contributed by atoms with Crippen molar-refractivity contribution >= 4 is 15.6 Å². The molecule has 1 aliphatic carbocycles. The van der Waals surface area contributed by atoms with Gasteiger partial charge in [-0.25, -0.2) is 8.42 Å². The number of nitro groups is 1. The molecule has 12 heteroatoms. The first-order valence-electron chi connectivity index (χ1n) is 6.96. The summed E-state index contributed by atoms with van der Waals surface area (Å²) in [5, 5.41) is 20.9. The van der Waals surface area contributed by atoms with Crippen LogP contribution < -0.4 is 5.73 Å². The number of halogens is 3. The summed E-state index contributed by atoms with van der Waals surface area (Å²) in [7, 11) is -3.85. The molecule has 0 saturated carbocycles. The summed E-state index contributed by atoms with van der Waals surface area (Å²) in [6.07, 6.45) is -5.30. The van der Waals surface area contributed by atoms with Gasteiger partial charge in [0.15, 0.2) is 15.6 Å². The van der Waals surface area contributed by atoms with E-state index in [1.165, 1.54) is 6.92 Å². The number of nitrogens with zero attached hydrogens (tertiary/aromatic N) is 1. The van der Waals surface area contributed by atoms with Crippen LogP contribution in [0.4, 0.5) is 13.2 Å². The molecule has 0 aromatic rings. The van der Waals surface area contributed by atoms with Crippen molar-refractivity contribution in [2.75, 3.05) is 11.5 Å². The molecule has 0 aromatic heterocycles. The summed E-state index contributed by atoms with van der Waals surface area (Å²) in [5.74, 6) is -2.81. The zero-order chi connectivity index (χ0) is 19.8. The van der Waals surface area contributed by atoms with Gasteiger partial charge in [-0.2, -0.15) is 13.2 Å². The summed E-state index contributed by atoms with van der Waals surface area (Å²) < 4.78 is 62.4. The van der Waals surface area contributed by atoms with E-state index in [9.17, 15) is 41.6 Å². The fourth-order valence-electron chi connectivity index (χ4n) is 2.44. The zero-order valence-corrected chi connectivity index (χ0v) is 14.1. The Hall–Kier alpha value is -1.79. The van der Waals surface area contributed by atoms with Gasteiger partial charge in [-0.3, -0.25) is 14.9 Å². The molecule has 2 unspecified atom stereocenters. The van der Waals surface area contributed by atoms with Gasteiger partial charge in [0, 0.05) is 18.2 Å². The molecule has 2 atom stereocenters. The number of carbonyl (C=O) groups excluding carboxylic acids is 1. The first-order chi connectivity index (χ1) is 11.1. The van der Waals surface area contributed by atoms with E-state index in [1.54, 1.807) is 0 Å². The monoisotopic (exact) mass is 386 g/mol. The number of ketones is 1. The van der Waals surface area contributed by atoms with Crippen molar-refractivity contribution in [2.24, 2.45) is 5.73 Å². The molecule has 0 heterocycles. The Morgan fingerprint density at radius 3 is 2.40 bits per heavy atom. The van der Waals surface area contributed by atoms with Crippen LogP contribution in [0.25, 0.3) is 0 Å². The predicted octanol–water partition coefficient (Wildman–Crippen LogP) is 0.492. The van der Waals surface area contributed by atoms with Crippen LogP contribution in [-0.2, 0) is 14.6 Å². The minimum absolute atomic E-state index is 0.400. The number of alkyl halides is 3. The molecule has 0 fully saturated rings. The highest BCUT2D eigenvalue weighted by Gasteiger charge is 2.52.